The Bertz CT molecular complexity index is 411. The summed E-state index contributed by atoms with van der Waals surface area (Å²) in [5.41, 5.74) is 0.125. The van der Waals surface area contributed by atoms with Gasteiger partial charge in [0.05, 0.1) is 10.8 Å². The molecule has 0 aliphatic carbocycles. The Balaban J connectivity index is 2.96. The summed E-state index contributed by atoms with van der Waals surface area (Å²) < 4.78 is 0. The second-order valence-electron chi connectivity index (χ2n) is 2.82. The number of hydrogen-bond donors (Lipinski definition) is 0. The van der Waals surface area contributed by atoms with E-state index in [-0.39, 0.29) is 11.6 Å². The number of hydrogen-bond acceptors (Lipinski definition) is 5. The molecule has 0 radical (unpaired) electrons. The zero-order chi connectivity index (χ0) is 12.1. The average molecular weight is 247 g/mol. The topological polar surface area (TPSA) is 95.5 Å². The summed E-state index contributed by atoms with van der Waals surface area (Å²) >= 11 is 5.48. The maximum atomic E-state index is 10.5. The van der Waals surface area contributed by atoms with E-state index in [1.165, 1.54) is 24.3 Å². The molecular formula is C8H7ClN2O5. The summed E-state index contributed by atoms with van der Waals surface area (Å²) in [6, 6.07) is 5.36. The summed E-state index contributed by atoms with van der Waals surface area (Å²) in [6.45, 7) is 0. The molecule has 1 rings (SSSR count). The summed E-state index contributed by atoms with van der Waals surface area (Å²) in [7, 11) is 0. The van der Waals surface area contributed by atoms with Crippen LogP contribution in [0.3, 0.4) is 0 Å². The van der Waals surface area contributed by atoms with Crippen LogP contribution in [0, 0.1) is 20.2 Å². The highest BCUT2D eigenvalue weighted by Gasteiger charge is 2.17. The molecule has 0 amide bonds. The van der Waals surface area contributed by atoms with Gasteiger partial charge in [-0.3, -0.25) is 10.1 Å². The van der Waals surface area contributed by atoms with Crippen LogP contribution in [-0.4, -0.2) is 15.9 Å². The largest absolute Gasteiger partial charge is 0.305 e. The van der Waals surface area contributed by atoms with Gasteiger partial charge in [-0.1, -0.05) is 12.1 Å². The molecule has 86 valence electrons. The van der Waals surface area contributed by atoms with Crippen LogP contribution >= 0.6 is 11.6 Å². The van der Waals surface area contributed by atoms with E-state index in [4.69, 9.17) is 11.6 Å². The fraction of sp³-hybridized carbons (Fsp3) is 0.250. The highest BCUT2D eigenvalue weighted by atomic mass is 35.5. The van der Waals surface area contributed by atoms with E-state index in [2.05, 4.69) is 4.84 Å². The van der Waals surface area contributed by atoms with E-state index in [9.17, 15) is 20.2 Å². The maximum absolute atomic E-state index is 10.5. The first-order valence-electron chi connectivity index (χ1n) is 4.16. The smallest absolute Gasteiger partial charge is 0.295 e. The van der Waals surface area contributed by atoms with E-state index in [1.807, 2.05) is 0 Å². The number of halogens is 1. The van der Waals surface area contributed by atoms with Crippen molar-refractivity contribution in [2.75, 3.05) is 5.88 Å². The summed E-state index contributed by atoms with van der Waals surface area (Å²) in [5, 5.41) is 19.7. The van der Waals surface area contributed by atoms with Gasteiger partial charge in [0.1, 0.15) is 6.10 Å². The standard InChI is InChI=1S/C8H7ClN2O5/c9-5-8(16-11(14)15)6-2-1-3-7(4-6)10(12)13/h1-4,8H,5H2. The van der Waals surface area contributed by atoms with Crippen LogP contribution in [0.4, 0.5) is 5.69 Å². The predicted molar refractivity (Wildman–Crippen MR) is 54.6 cm³/mol. The number of nitro benzene ring substituents is 1. The van der Waals surface area contributed by atoms with E-state index < -0.39 is 16.1 Å². The van der Waals surface area contributed by atoms with Gasteiger partial charge in [-0.2, -0.15) is 0 Å². The lowest BCUT2D eigenvalue weighted by Crippen LogP contribution is -2.11. The summed E-state index contributed by atoms with van der Waals surface area (Å²) in [5.74, 6) is -0.165. The molecule has 1 unspecified atom stereocenters. The van der Waals surface area contributed by atoms with Gasteiger partial charge in [0.2, 0.25) is 0 Å². The third kappa shape index (κ3) is 3.06. The Kier molecular flexibility index (Phi) is 4.01. The first kappa shape index (κ1) is 12.2. The molecule has 0 bridgehead atoms. The Labute approximate surface area is 94.8 Å². The van der Waals surface area contributed by atoms with E-state index in [1.54, 1.807) is 0 Å². The van der Waals surface area contributed by atoms with Crippen LogP contribution < -0.4 is 0 Å². The van der Waals surface area contributed by atoms with Gasteiger partial charge < -0.3 is 4.84 Å². The molecule has 8 heteroatoms. The lowest BCUT2D eigenvalue weighted by atomic mass is 10.1. The number of nitro groups is 1. The van der Waals surface area contributed by atoms with Crippen molar-refractivity contribution >= 4 is 17.3 Å². The number of rotatable bonds is 5. The van der Waals surface area contributed by atoms with Gasteiger partial charge in [-0.05, 0) is 5.56 Å². The molecule has 16 heavy (non-hydrogen) atoms. The number of non-ortho nitro benzene ring substituents is 1. The molecule has 0 saturated heterocycles. The van der Waals surface area contributed by atoms with Gasteiger partial charge in [0.25, 0.3) is 10.8 Å². The van der Waals surface area contributed by atoms with Crippen molar-refractivity contribution in [3.8, 4) is 0 Å². The summed E-state index contributed by atoms with van der Waals surface area (Å²) in [6.07, 6.45) is -1.00. The first-order chi connectivity index (χ1) is 7.54. The molecule has 1 atom stereocenters. The van der Waals surface area contributed by atoms with Crippen LogP contribution in [0.1, 0.15) is 11.7 Å². The van der Waals surface area contributed by atoms with Gasteiger partial charge in [0, 0.05) is 12.1 Å². The van der Waals surface area contributed by atoms with Crippen LogP contribution in [0.25, 0.3) is 0 Å². The molecule has 0 aliphatic rings. The molecule has 1 aromatic carbocycles. The first-order valence-corrected chi connectivity index (χ1v) is 4.69. The van der Waals surface area contributed by atoms with Gasteiger partial charge in [-0.15, -0.1) is 21.7 Å². The minimum atomic E-state index is -1.00. The molecular weight excluding hydrogens is 240 g/mol. The van der Waals surface area contributed by atoms with Crippen molar-refractivity contribution in [2.45, 2.75) is 6.10 Å². The molecule has 0 heterocycles. The van der Waals surface area contributed by atoms with Crippen LogP contribution in [0.2, 0.25) is 0 Å². The highest BCUT2D eigenvalue weighted by molar-refractivity contribution is 6.18. The van der Waals surface area contributed by atoms with Crippen molar-refractivity contribution < 1.29 is 14.8 Å². The quantitative estimate of drug-likeness (QED) is 0.450. The molecule has 7 nitrogen and oxygen atoms in total. The molecule has 0 N–H and O–H groups in total. The minimum absolute atomic E-state index is 0.165. The lowest BCUT2D eigenvalue weighted by molar-refractivity contribution is -0.769. The zero-order valence-electron chi connectivity index (χ0n) is 7.91. The Morgan fingerprint density at radius 1 is 1.38 bits per heavy atom. The number of alkyl halides is 1. The van der Waals surface area contributed by atoms with Gasteiger partial charge in [0.15, 0.2) is 0 Å². The SMILES string of the molecule is O=[N+]([O-])OC(CCl)c1cccc([N+](=O)[O-])c1. The molecule has 0 spiro atoms. The Morgan fingerprint density at radius 2 is 2.06 bits per heavy atom. The monoisotopic (exact) mass is 246 g/mol. The number of benzene rings is 1. The normalized spacial score (nSPS) is 11.8. The van der Waals surface area contributed by atoms with Gasteiger partial charge in [-0.25, -0.2) is 0 Å². The molecule has 0 fully saturated rings. The zero-order valence-corrected chi connectivity index (χ0v) is 8.66. The molecule has 0 aromatic heterocycles. The highest BCUT2D eigenvalue weighted by Crippen LogP contribution is 2.23. The van der Waals surface area contributed by atoms with E-state index in [0.29, 0.717) is 5.56 Å². The average Bonchev–Trinajstić information content (AvgIpc) is 2.25. The van der Waals surface area contributed by atoms with Crippen LogP contribution in [0.5, 0.6) is 0 Å². The van der Waals surface area contributed by atoms with Gasteiger partial charge >= 0.3 is 0 Å². The molecule has 0 saturated carbocycles. The Morgan fingerprint density at radius 3 is 2.56 bits per heavy atom. The molecule has 1 aromatic rings. The van der Waals surface area contributed by atoms with Crippen LogP contribution in [0.15, 0.2) is 24.3 Å². The third-order valence-electron chi connectivity index (χ3n) is 1.81. The van der Waals surface area contributed by atoms with Crippen molar-refractivity contribution in [1.82, 2.24) is 0 Å². The van der Waals surface area contributed by atoms with Crippen LogP contribution in [-0.2, 0) is 4.84 Å². The van der Waals surface area contributed by atoms with Crippen molar-refractivity contribution in [2.24, 2.45) is 0 Å². The van der Waals surface area contributed by atoms with Crippen molar-refractivity contribution in [3.05, 3.63) is 50.1 Å². The predicted octanol–water partition coefficient (Wildman–Crippen LogP) is 2.08. The Hall–Kier alpha value is -1.89. The third-order valence-corrected chi connectivity index (χ3v) is 2.09. The molecule has 0 aliphatic heterocycles. The second-order valence-corrected chi connectivity index (χ2v) is 3.13. The maximum Gasteiger partial charge on any atom is 0.295 e. The van der Waals surface area contributed by atoms with Crippen molar-refractivity contribution in [1.29, 1.82) is 0 Å². The minimum Gasteiger partial charge on any atom is -0.305 e. The van der Waals surface area contributed by atoms with E-state index >= 15 is 0 Å². The second kappa shape index (κ2) is 5.26. The van der Waals surface area contributed by atoms with Crippen molar-refractivity contribution in [3.63, 3.8) is 0 Å². The number of nitrogens with zero attached hydrogens (tertiary/aromatic N) is 2. The van der Waals surface area contributed by atoms with E-state index in [0.717, 1.165) is 0 Å². The fourth-order valence-corrected chi connectivity index (χ4v) is 1.36. The fourth-order valence-electron chi connectivity index (χ4n) is 1.12. The summed E-state index contributed by atoms with van der Waals surface area (Å²) in [4.78, 5) is 24.3. The lowest BCUT2D eigenvalue weighted by Gasteiger charge is -2.11.